The van der Waals surface area contributed by atoms with Crippen molar-refractivity contribution in [3.05, 3.63) is 54.0 Å². The van der Waals surface area contributed by atoms with E-state index in [-0.39, 0.29) is 5.97 Å². The summed E-state index contributed by atoms with van der Waals surface area (Å²) in [6, 6.07) is 11.5. The second kappa shape index (κ2) is 7.15. The number of fused-ring (bicyclic) bond motifs is 1. The van der Waals surface area contributed by atoms with Crippen molar-refractivity contribution in [1.82, 2.24) is 9.97 Å². The second-order valence-electron chi connectivity index (χ2n) is 6.41. The standard InChI is InChI=1S/C20H21N3O3/c1-2-25-20(24)15-7-8-18(21-13-15)23-11-9-14(10-12-23)19-22-16-5-3-4-6-17(16)26-19/h3-8,13-14H,2,9-12H2,1H3. The molecule has 26 heavy (non-hydrogen) atoms. The molecule has 1 saturated heterocycles. The van der Waals surface area contributed by atoms with E-state index in [9.17, 15) is 4.79 Å². The first-order valence-electron chi connectivity index (χ1n) is 8.98. The first-order chi connectivity index (χ1) is 12.7. The lowest BCUT2D eigenvalue weighted by Gasteiger charge is -2.31. The summed E-state index contributed by atoms with van der Waals surface area (Å²) in [5.41, 5.74) is 2.25. The van der Waals surface area contributed by atoms with Crippen molar-refractivity contribution in [2.75, 3.05) is 24.6 Å². The van der Waals surface area contributed by atoms with Gasteiger partial charge < -0.3 is 14.1 Å². The Morgan fingerprint density at radius 1 is 1.23 bits per heavy atom. The molecular formula is C20H21N3O3. The summed E-state index contributed by atoms with van der Waals surface area (Å²) < 4.78 is 10.9. The molecule has 4 rings (SSSR count). The molecular weight excluding hydrogens is 330 g/mol. The Hall–Kier alpha value is -2.89. The molecule has 0 amide bonds. The summed E-state index contributed by atoms with van der Waals surface area (Å²) in [4.78, 5) is 23.0. The van der Waals surface area contributed by atoms with Gasteiger partial charge >= 0.3 is 5.97 Å². The van der Waals surface area contributed by atoms with Crippen LogP contribution in [-0.4, -0.2) is 35.6 Å². The lowest BCUT2D eigenvalue weighted by atomic mass is 9.97. The highest BCUT2D eigenvalue weighted by Gasteiger charge is 2.25. The summed E-state index contributed by atoms with van der Waals surface area (Å²) >= 11 is 0. The molecule has 134 valence electrons. The maximum Gasteiger partial charge on any atom is 0.339 e. The van der Waals surface area contributed by atoms with Gasteiger partial charge in [0.1, 0.15) is 11.3 Å². The molecule has 1 fully saturated rings. The third kappa shape index (κ3) is 3.27. The van der Waals surface area contributed by atoms with Crippen LogP contribution in [0.15, 0.2) is 47.0 Å². The molecule has 0 unspecified atom stereocenters. The van der Waals surface area contributed by atoms with Crippen molar-refractivity contribution in [3.63, 3.8) is 0 Å². The van der Waals surface area contributed by atoms with Gasteiger partial charge in [-0.25, -0.2) is 14.8 Å². The van der Waals surface area contributed by atoms with Crippen molar-refractivity contribution in [2.45, 2.75) is 25.7 Å². The maximum absolute atomic E-state index is 11.7. The van der Waals surface area contributed by atoms with E-state index < -0.39 is 0 Å². The van der Waals surface area contributed by atoms with Crippen LogP contribution in [0, 0.1) is 0 Å². The van der Waals surface area contributed by atoms with Gasteiger partial charge in [-0.2, -0.15) is 0 Å². The number of benzene rings is 1. The minimum atomic E-state index is -0.332. The number of piperidine rings is 1. The molecule has 0 saturated carbocycles. The lowest BCUT2D eigenvalue weighted by Crippen LogP contribution is -2.33. The highest BCUT2D eigenvalue weighted by atomic mass is 16.5. The number of carbonyl (C=O) groups excluding carboxylic acids is 1. The monoisotopic (exact) mass is 351 g/mol. The SMILES string of the molecule is CCOC(=O)c1ccc(N2CCC(c3nc4ccccc4o3)CC2)nc1. The molecule has 0 atom stereocenters. The van der Waals surface area contributed by atoms with Gasteiger partial charge in [0, 0.05) is 25.2 Å². The van der Waals surface area contributed by atoms with E-state index in [0.717, 1.165) is 48.7 Å². The summed E-state index contributed by atoms with van der Waals surface area (Å²) in [6.07, 6.45) is 3.52. The van der Waals surface area contributed by atoms with E-state index in [0.29, 0.717) is 18.1 Å². The molecule has 0 bridgehead atoms. The number of nitrogens with zero attached hydrogens (tertiary/aromatic N) is 3. The molecule has 1 aliphatic rings. The fraction of sp³-hybridized carbons (Fsp3) is 0.350. The van der Waals surface area contributed by atoms with Gasteiger partial charge in [-0.1, -0.05) is 12.1 Å². The van der Waals surface area contributed by atoms with E-state index in [1.165, 1.54) is 0 Å². The zero-order valence-electron chi connectivity index (χ0n) is 14.7. The molecule has 0 N–H and O–H groups in total. The Kier molecular flexibility index (Phi) is 4.56. The quantitative estimate of drug-likeness (QED) is 0.666. The number of aromatic nitrogens is 2. The first-order valence-corrected chi connectivity index (χ1v) is 8.98. The number of esters is 1. The van der Waals surface area contributed by atoms with Crippen molar-refractivity contribution in [2.24, 2.45) is 0 Å². The molecule has 0 aliphatic carbocycles. The number of para-hydroxylation sites is 2. The predicted octanol–water partition coefficient (Wildman–Crippen LogP) is 3.78. The smallest absolute Gasteiger partial charge is 0.339 e. The van der Waals surface area contributed by atoms with Crippen LogP contribution >= 0.6 is 0 Å². The normalized spacial score (nSPS) is 15.3. The third-order valence-electron chi connectivity index (χ3n) is 4.74. The van der Waals surface area contributed by atoms with Gasteiger partial charge in [-0.05, 0) is 44.0 Å². The van der Waals surface area contributed by atoms with E-state index >= 15 is 0 Å². The zero-order valence-corrected chi connectivity index (χ0v) is 14.7. The molecule has 1 aliphatic heterocycles. The number of anilines is 1. The topological polar surface area (TPSA) is 68.5 Å². The Morgan fingerprint density at radius 3 is 2.73 bits per heavy atom. The van der Waals surface area contributed by atoms with E-state index in [4.69, 9.17) is 9.15 Å². The molecule has 6 nitrogen and oxygen atoms in total. The average Bonchev–Trinajstić information content (AvgIpc) is 3.13. The summed E-state index contributed by atoms with van der Waals surface area (Å²) in [5, 5.41) is 0. The summed E-state index contributed by atoms with van der Waals surface area (Å²) in [5.74, 6) is 1.71. The van der Waals surface area contributed by atoms with Gasteiger partial charge in [0.15, 0.2) is 11.5 Å². The number of ether oxygens (including phenoxy) is 1. The van der Waals surface area contributed by atoms with Gasteiger partial charge in [-0.3, -0.25) is 0 Å². The molecule has 6 heteroatoms. The molecule has 2 aromatic heterocycles. The summed E-state index contributed by atoms with van der Waals surface area (Å²) in [7, 11) is 0. The van der Waals surface area contributed by atoms with Crippen LogP contribution in [0.2, 0.25) is 0 Å². The predicted molar refractivity (Wildman–Crippen MR) is 98.4 cm³/mol. The largest absolute Gasteiger partial charge is 0.462 e. The highest BCUT2D eigenvalue weighted by Crippen LogP contribution is 2.31. The number of pyridine rings is 1. The van der Waals surface area contributed by atoms with Crippen LogP contribution in [0.4, 0.5) is 5.82 Å². The van der Waals surface area contributed by atoms with E-state index in [1.54, 1.807) is 19.2 Å². The minimum absolute atomic E-state index is 0.331. The molecule has 0 spiro atoms. The lowest BCUT2D eigenvalue weighted by molar-refractivity contribution is 0.0526. The fourth-order valence-corrected chi connectivity index (χ4v) is 3.33. The maximum atomic E-state index is 11.7. The molecule has 3 aromatic rings. The Balaban J connectivity index is 1.40. The van der Waals surface area contributed by atoms with Crippen LogP contribution in [-0.2, 0) is 4.74 Å². The second-order valence-corrected chi connectivity index (χ2v) is 6.41. The van der Waals surface area contributed by atoms with E-state index in [2.05, 4.69) is 14.9 Å². The third-order valence-corrected chi connectivity index (χ3v) is 4.74. The van der Waals surface area contributed by atoms with Crippen molar-refractivity contribution >= 4 is 22.9 Å². The van der Waals surface area contributed by atoms with Crippen molar-refractivity contribution < 1.29 is 13.9 Å². The van der Waals surface area contributed by atoms with Gasteiger partial charge in [0.05, 0.1) is 12.2 Å². The molecule has 3 heterocycles. The van der Waals surface area contributed by atoms with Crippen molar-refractivity contribution in [1.29, 1.82) is 0 Å². The average molecular weight is 351 g/mol. The van der Waals surface area contributed by atoms with Crippen LogP contribution in [0.3, 0.4) is 0 Å². The molecule has 1 aromatic carbocycles. The van der Waals surface area contributed by atoms with Crippen LogP contribution in [0.5, 0.6) is 0 Å². The number of carbonyl (C=O) groups is 1. The Bertz CT molecular complexity index is 863. The van der Waals surface area contributed by atoms with Gasteiger partial charge in [-0.15, -0.1) is 0 Å². The Morgan fingerprint density at radius 2 is 2.04 bits per heavy atom. The first kappa shape index (κ1) is 16.6. The van der Waals surface area contributed by atoms with Crippen LogP contribution in [0.1, 0.15) is 41.9 Å². The van der Waals surface area contributed by atoms with Crippen LogP contribution in [0.25, 0.3) is 11.1 Å². The summed E-state index contributed by atoms with van der Waals surface area (Å²) in [6.45, 7) is 3.93. The van der Waals surface area contributed by atoms with Crippen LogP contribution < -0.4 is 4.90 Å². The number of rotatable bonds is 4. The zero-order chi connectivity index (χ0) is 17.9. The number of hydrogen-bond acceptors (Lipinski definition) is 6. The van der Waals surface area contributed by atoms with Gasteiger partial charge in [0.2, 0.25) is 0 Å². The Labute approximate surface area is 151 Å². The van der Waals surface area contributed by atoms with Crippen molar-refractivity contribution in [3.8, 4) is 0 Å². The minimum Gasteiger partial charge on any atom is -0.462 e. The highest BCUT2D eigenvalue weighted by molar-refractivity contribution is 5.89. The number of hydrogen-bond donors (Lipinski definition) is 0. The fourth-order valence-electron chi connectivity index (χ4n) is 3.33. The van der Waals surface area contributed by atoms with Gasteiger partial charge in [0.25, 0.3) is 0 Å². The number of oxazole rings is 1. The molecule has 0 radical (unpaired) electrons. The van der Waals surface area contributed by atoms with E-state index in [1.807, 2.05) is 30.3 Å².